The van der Waals surface area contributed by atoms with Crippen molar-refractivity contribution in [2.24, 2.45) is 0 Å². The van der Waals surface area contributed by atoms with E-state index in [2.05, 4.69) is 26.4 Å². The van der Waals surface area contributed by atoms with Gasteiger partial charge in [-0.15, -0.1) is 4.52 Å². The molecule has 4 rings (SSSR count). The molecule has 2 aromatic carbocycles. The molecule has 0 unspecified atom stereocenters. The Morgan fingerprint density at radius 1 is 0.923 bits per heavy atom. The molecule has 2 heterocycles. The highest BCUT2D eigenvalue weighted by Crippen LogP contribution is 2.25. The van der Waals surface area contributed by atoms with E-state index in [1.54, 1.807) is 21.3 Å². The van der Waals surface area contributed by atoms with E-state index in [9.17, 15) is 21.7 Å². The Morgan fingerprint density at radius 3 is 2.12 bits per heavy atom. The number of hydrogen-bond acceptors (Lipinski definition) is 2. The van der Waals surface area contributed by atoms with Crippen LogP contribution in [0.3, 0.4) is 0 Å². The van der Waals surface area contributed by atoms with Crippen LogP contribution in [-0.4, -0.2) is 22.4 Å². The average Bonchev–Trinajstić information content (AvgIpc) is 2.98. The van der Waals surface area contributed by atoms with Gasteiger partial charge in [0.05, 0.1) is 9.86 Å². The summed E-state index contributed by atoms with van der Waals surface area (Å²) in [5.41, 5.74) is 1.60. The summed E-state index contributed by atoms with van der Waals surface area (Å²) in [5, 5.41) is 10.4. The van der Waals surface area contributed by atoms with E-state index >= 15 is 0 Å². The van der Waals surface area contributed by atoms with E-state index in [-0.39, 0.29) is 5.82 Å². The summed E-state index contributed by atoms with van der Waals surface area (Å²) in [6.07, 6.45) is 1.87. The van der Waals surface area contributed by atoms with Crippen LogP contribution in [0, 0.1) is 5.82 Å². The summed E-state index contributed by atoms with van der Waals surface area (Å²) in [6.45, 7) is 0. The van der Waals surface area contributed by atoms with Crippen LogP contribution in [0.2, 0.25) is 0 Å². The van der Waals surface area contributed by atoms with Gasteiger partial charge in [-0.3, -0.25) is 0 Å². The molecule has 0 aliphatic heterocycles. The fraction of sp³-hybridized carbons (Fsp3) is 0. The zero-order chi connectivity index (χ0) is 18.9. The van der Waals surface area contributed by atoms with E-state index < -0.39 is 7.25 Å². The van der Waals surface area contributed by atoms with E-state index in [1.165, 1.54) is 12.1 Å². The Morgan fingerprint density at radius 2 is 1.50 bits per heavy atom. The highest BCUT2D eigenvalue weighted by molar-refractivity contribution is 9.10. The summed E-state index contributed by atoms with van der Waals surface area (Å²) < 4.78 is 56.4. The zero-order valence-corrected chi connectivity index (χ0v) is 14.4. The van der Waals surface area contributed by atoms with Gasteiger partial charge in [0, 0.05) is 5.39 Å². The van der Waals surface area contributed by atoms with Crippen molar-refractivity contribution in [1.29, 1.82) is 0 Å². The lowest BCUT2D eigenvalue weighted by Crippen LogP contribution is -2.23. The van der Waals surface area contributed by atoms with Gasteiger partial charge < -0.3 is 17.3 Å². The number of rotatable bonds is 1. The zero-order valence-electron chi connectivity index (χ0n) is 12.8. The third kappa shape index (κ3) is 3.98. The summed E-state index contributed by atoms with van der Waals surface area (Å²) >= 11 is 3.55. The van der Waals surface area contributed by atoms with Crippen molar-refractivity contribution in [3.63, 3.8) is 0 Å². The second-order valence-corrected chi connectivity index (χ2v) is 6.01. The van der Waals surface area contributed by atoms with Crippen molar-refractivity contribution >= 4 is 39.6 Å². The first kappa shape index (κ1) is 18.2. The minimum Gasteiger partial charge on any atom is -0.418 e. The predicted octanol–water partition coefficient (Wildman–Crippen LogP) is 4.36. The first-order valence-corrected chi connectivity index (χ1v) is 8.01. The average molecular weight is 431 g/mol. The van der Waals surface area contributed by atoms with Gasteiger partial charge in [-0.25, -0.2) is 4.39 Å². The molecule has 0 bridgehead atoms. The van der Waals surface area contributed by atoms with Crippen LogP contribution >= 0.6 is 15.9 Å². The first-order valence-electron chi connectivity index (χ1n) is 7.22. The van der Waals surface area contributed by atoms with Crippen LogP contribution in [0.4, 0.5) is 21.7 Å². The van der Waals surface area contributed by atoms with Crippen molar-refractivity contribution in [3.05, 3.63) is 65.0 Å². The summed E-state index contributed by atoms with van der Waals surface area (Å²) in [6, 6.07) is 14.2. The molecule has 0 atom stereocenters. The second-order valence-electron chi connectivity index (χ2n) is 5.15. The van der Waals surface area contributed by atoms with Crippen LogP contribution in [0.25, 0.3) is 22.1 Å². The minimum absolute atomic E-state index is 0.275. The van der Waals surface area contributed by atoms with Crippen molar-refractivity contribution in [1.82, 2.24) is 15.1 Å². The summed E-state index contributed by atoms with van der Waals surface area (Å²) in [5.74, 6) is -0.275. The highest BCUT2D eigenvalue weighted by Gasteiger charge is 2.21. The van der Waals surface area contributed by atoms with Gasteiger partial charge in [0.1, 0.15) is 22.9 Å². The fourth-order valence-corrected chi connectivity index (χ4v) is 2.95. The molecule has 0 saturated carbocycles. The molecule has 4 aromatic rings. The van der Waals surface area contributed by atoms with Crippen molar-refractivity contribution in [2.45, 2.75) is 0 Å². The maximum absolute atomic E-state index is 13.1. The molecule has 0 saturated heterocycles. The maximum Gasteiger partial charge on any atom is 0.673 e. The number of aromatic nitrogens is 4. The monoisotopic (exact) mass is 430 g/mol. The fourth-order valence-electron chi connectivity index (χ4n) is 2.41. The Balaban J connectivity index is 0.000000349. The van der Waals surface area contributed by atoms with E-state index in [4.69, 9.17) is 0 Å². The molecule has 0 amide bonds. The normalized spacial score (nSPS) is 11.5. The molecule has 2 aromatic heterocycles. The number of tetrazole rings is 1. The molecule has 0 fully saturated rings. The first-order chi connectivity index (χ1) is 12.2. The van der Waals surface area contributed by atoms with Gasteiger partial charge in [-0.05, 0) is 50.9 Å². The van der Waals surface area contributed by atoms with E-state index in [0.717, 1.165) is 26.6 Å². The van der Waals surface area contributed by atoms with Crippen LogP contribution < -0.4 is 4.52 Å². The Labute approximate surface area is 152 Å². The predicted molar refractivity (Wildman–Crippen MR) is 89.9 cm³/mol. The quantitative estimate of drug-likeness (QED) is 0.255. The molecular weight excluding hydrogens is 422 g/mol. The van der Waals surface area contributed by atoms with E-state index in [0.29, 0.717) is 0 Å². The number of pyridine rings is 1. The number of halogens is 6. The van der Waals surface area contributed by atoms with Crippen LogP contribution in [0.5, 0.6) is 0 Å². The largest absolute Gasteiger partial charge is 0.673 e. The van der Waals surface area contributed by atoms with Gasteiger partial charge in [0.25, 0.3) is 5.65 Å². The van der Waals surface area contributed by atoms with Crippen molar-refractivity contribution in [2.75, 3.05) is 0 Å². The smallest absolute Gasteiger partial charge is 0.418 e. The lowest BCUT2D eigenvalue weighted by Gasteiger charge is -2.00. The van der Waals surface area contributed by atoms with Crippen LogP contribution in [0.1, 0.15) is 0 Å². The molecule has 0 aliphatic rings. The maximum atomic E-state index is 13.1. The molecular formula is C15H9BBrF5N4. The van der Waals surface area contributed by atoms with E-state index in [1.807, 2.05) is 30.5 Å². The topological polar surface area (TPSA) is 34.8 Å². The van der Waals surface area contributed by atoms with Gasteiger partial charge in [-0.1, -0.05) is 18.2 Å². The van der Waals surface area contributed by atoms with Gasteiger partial charge in [0.2, 0.25) is 0 Å². The Hall–Kier alpha value is -2.56. The van der Waals surface area contributed by atoms with Gasteiger partial charge >= 0.3 is 7.25 Å². The third-order valence-corrected chi connectivity index (χ3v) is 4.01. The Kier molecular flexibility index (Phi) is 4.90. The molecule has 0 spiro atoms. The second kappa shape index (κ2) is 6.98. The standard InChI is InChI=1S/C15H9BrFN4.BF4/c16-14-9-20-15(13-4-2-1-3-12(13)14)21(19-18-20)11-7-5-10(17)6-8-11;2-1(3,4)5/h1-9H;/q+1;-1. The lowest BCUT2D eigenvalue weighted by atomic mass is 10.2. The highest BCUT2D eigenvalue weighted by atomic mass is 79.9. The molecule has 0 radical (unpaired) electrons. The number of fused-ring (bicyclic) bond motifs is 3. The number of hydrogen-bond donors (Lipinski definition) is 0. The summed E-state index contributed by atoms with van der Waals surface area (Å²) in [7, 11) is -6.00. The molecule has 0 N–H and O–H groups in total. The Bertz CT molecular complexity index is 1060. The minimum atomic E-state index is -6.00. The van der Waals surface area contributed by atoms with Crippen molar-refractivity contribution < 1.29 is 26.2 Å². The number of benzene rings is 2. The van der Waals surface area contributed by atoms with Crippen LogP contribution in [-0.2, 0) is 0 Å². The lowest BCUT2D eigenvalue weighted by molar-refractivity contribution is -0.581. The summed E-state index contributed by atoms with van der Waals surface area (Å²) in [4.78, 5) is 0. The molecule has 0 aliphatic carbocycles. The van der Waals surface area contributed by atoms with Crippen LogP contribution in [0.15, 0.2) is 59.2 Å². The van der Waals surface area contributed by atoms with Crippen molar-refractivity contribution in [3.8, 4) is 5.69 Å². The SMILES string of the molecule is F[B-](F)(F)F.Fc1ccc(-n2nn[n+]3cc(Br)c4ccccc4c23)cc1. The molecule has 26 heavy (non-hydrogen) atoms. The molecule has 11 heteroatoms. The van der Waals surface area contributed by atoms with Gasteiger partial charge in [0.15, 0.2) is 5.21 Å². The molecule has 134 valence electrons. The molecule has 4 nitrogen and oxygen atoms in total. The third-order valence-electron chi connectivity index (χ3n) is 3.38. The number of nitrogens with zero attached hydrogens (tertiary/aromatic N) is 4. The van der Waals surface area contributed by atoms with Gasteiger partial charge in [-0.2, -0.15) is 0 Å².